The number of fused-ring (bicyclic) bond motifs is 5. The van der Waals surface area contributed by atoms with Crippen molar-refractivity contribution in [1.29, 1.82) is 0 Å². The number of aliphatic hydroxyl groups excluding tert-OH is 1. The Bertz CT molecular complexity index is 567. The van der Waals surface area contributed by atoms with Gasteiger partial charge in [-0.15, -0.1) is 0 Å². The number of aliphatic carboxylic acids is 1. The zero-order valence-electron chi connectivity index (χ0n) is 15.1. The van der Waals surface area contributed by atoms with Crippen molar-refractivity contribution in [1.82, 2.24) is 0 Å². The maximum atomic E-state index is 11.1. The van der Waals surface area contributed by atoms with Gasteiger partial charge in [-0.2, -0.15) is 0 Å². The van der Waals surface area contributed by atoms with Gasteiger partial charge in [0.15, 0.2) is 6.10 Å². The second kappa shape index (κ2) is 5.59. The molecule has 1 unspecified atom stereocenters. The molecular formula is C21H32O3. The van der Waals surface area contributed by atoms with Gasteiger partial charge in [0.25, 0.3) is 0 Å². The number of rotatable bonds is 2. The van der Waals surface area contributed by atoms with Crippen molar-refractivity contribution in [3.05, 3.63) is 11.6 Å². The third-order valence-electron chi connectivity index (χ3n) is 8.59. The summed E-state index contributed by atoms with van der Waals surface area (Å²) in [7, 11) is 0. The molecule has 0 aromatic heterocycles. The molecule has 3 heteroatoms. The van der Waals surface area contributed by atoms with Crippen LogP contribution in [0.5, 0.6) is 0 Å². The van der Waals surface area contributed by atoms with E-state index in [1.54, 1.807) is 0 Å². The highest BCUT2D eigenvalue weighted by molar-refractivity contribution is 5.72. The summed E-state index contributed by atoms with van der Waals surface area (Å²) in [6.07, 6.45) is 12.2. The Morgan fingerprint density at radius 1 is 1.12 bits per heavy atom. The van der Waals surface area contributed by atoms with Crippen molar-refractivity contribution in [3.63, 3.8) is 0 Å². The molecular weight excluding hydrogens is 300 g/mol. The molecule has 0 amide bonds. The molecule has 3 nitrogen and oxygen atoms in total. The van der Waals surface area contributed by atoms with E-state index in [1.807, 2.05) is 0 Å². The van der Waals surface area contributed by atoms with Gasteiger partial charge in [-0.25, -0.2) is 4.79 Å². The largest absolute Gasteiger partial charge is 0.479 e. The maximum Gasteiger partial charge on any atom is 0.333 e. The minimum Gasteiger partial charge on any atom is -0.479 e. The third-order valence-corrected chi connectivity index (χ3v) is 8.59. The van der Waals surface area contributed by atoms with Gasteiger partial charge in [0.1, 0.15) is 0 Å². The van der Waals surface area contributed by atoms with E-state index in [-0.39, 0.29) is 11.3 Å². The molecule has 0 spiro atoms. The molecule has 0 saturated heterocycles. The zero-order valence-corrected chi connectivity index (χ0v) is 15.1. The molecule has 7 atom stereocenters. The first kappa shape index (κ1) is 16.6. The van der Waals surface area contributed by atoms with Crippen LogP contribution < -0.4 is 0 Å². The summed E-state index contributed by atoms with van der Waals surface area (Å²) in [4.78, 5) is 11.1. The smallest absolute Gasteiger partial charge is 0.333 e. The first-order chi connectivity index (χ1) is 11.3. The molecule has 0 aliphatic heterocycles. The fourth-order valence-corrected chi connectivity index (χ4v) is 7.18. The van der Waals surface area contributed by atoms with E-state index in [1.165, 1.54) is 44.1 Å². The van der Waals surface area contributed by atoms with E-state index in [4.69, 9.17) is 5.11 Å². The van der Waals surface area contributed by atoms with Crippen LogP contribution in [-0.2, 0) is 4.79 Å². The van der Waals surface area contributed by atoms with Gasteiger partial charge in [-0.1, -0.05) is 31.9 Å². The van der Waals surface area contributed by atoms with Crippen LogP contribution >= 0.6 is 0 Å². The predicted molar refractivity (Wildman–Crippen MR) is 93.5 cm³/mol. The Balaban J connectivity index is 1.61. The summed E-state index contributed by atoms with van der Waals surface area (Å²) in [5, 5.41) is 19.1. The van der Waals surface area contributed by atoms with Gasteiger partial charge in [0, 0.05) is 5.92 Å². The fourth-order valence-electron chi connectivity index (χ4n) is 7.18. The minimum absolute atomic E-state index is 0.192. The van der Waals surface area contributed by atoms with Gasteiger partial charge in [-0.3, -0.25) is 0 Å². The average molecular weight is 332 g/mol. The van der Waals surface area contributed by atoms with Crippen molar-refractivity contribution < 1.29 is 15.0 Å². The Kier molecular flexibility index (Phi) is 3.87. The number of aliphatic hydroxyl groups is 1. The lowest BCUT2D eigenvalue weighted by Crippen LogP contribution is -2.49. The molecule has 4 aliphatic carbocycles. The third kappa shape index (κ3) is 2.30. The van der Waals surface area contributed by atoms with E-state index in [0.29, 0.717) is 5.41 Å². The molecule has 134 valence electrons. The highest BCUT2D eigenvalue weighted by Crippen LogP contribution is 2.65. The molecule has 0 aromatic carbocycles. The van der Waals surface area contributed by atoms with Crippen LogP contribution in [0.3, 0.4) is 0 Å². The number of carboxylic acids is 1. The maximum absolute atomic E-state index is 11.1. The summed E-state index contributed by atoms with van der Waals surface area (Å²) in [6.45, 7) is 4.98. The number of allylic oxidation sites excluding steroid dienone is 1. The summed E-state index contributed by atoms with van der Waals surface area (Å²) >= 11 is 0. The van der Waals surface area contributed by atoms with Crippen LogP contribution in [0.25, 0.3) is 0 Å². The zero-order chi connectivity index (χ0) is 17.1. The molecule has 3 saturated carbocycles. The number of hydrogen-bond acceptors (Lipinski definition) is 2. The SMILES string of the molecule is C[C@@]12CCC[C@H]1[C@@H]1CCC3=C[C@@H](C(O)C(=O)O)CC[C@]3(C)[C@H]1CC2. The van der Waals surface area contributed by atoms with Crippen LogP contribution in [0.1, 0.15) is 71.6 Å². The number of carbonyl (C=O) groups is 1. The molecule has 4 aliphatic rings. The summed E-state index contributed by atoms with van der Waals surface area (Å²) < 4.78 is 0. The minimum atomic E-state index is -1.23. The van der Waals surface area contributed by atoms with Crippen molar-refractivity contribution in [2.45, 2.75) is 77.7 Å². The van der Waals surface area contributed by atoms with Crippen molar-refractivity contribution >= 4 is 5.97 Å². The lowest BCUT2D eigenvalue weighted by atomic mass is 9.47. The quantitative estimate of drug-likeness (QED) is 0.737. The number of hydrogen-bond donors (Lipinski definition) is 2. The van der Waals surface area contributed by atoms with E-state index < -0.39 is 12.1 Å². The summed E-state index contributed by atoms with van der Waals surface area (Å²) in [5.41, 5.74) is 2.30. The Labute approximate surface area is 145 Å². The molecule has 24 heavy (non-hydrogen) atoms. The summed E-state index contributed by atoms with van der Waals surface area (Å²) in [5.74, 6) is 1.29. The second-order valence-electron chi connectivity index (χ2n) is 9.60. The van der Waals surface area contributed by atoms with Crippen molar-refractivity contribution in [3.8, 4) is 0 Å². The van der Waals surface area contributed by atoms with Gasteiger partial charge < -0.3 is 10.2 Å². The van der Waals surface area contributed by atoms with E-state index in [9.17, 15) is 9.90 Å². The monoisotopic (exact) mass is 332 g/mol. The highest BCUT2D eigenvalue weighted by Gasteiger charge is 2.56. The Hall–Kier alpha value is -0.830. The van der Waals surface area contributed by atoms with E-state index in [0.717, 1.165) is 37.0 Å². The van der Waals surface area contributed by atoms with Gasteiger partial charge in [-0.05, 0) is 80.0 Å². The molecule has 4 rings (SSSR count). The van der Waals surface area contributed by atoms with Crippen LogP contribution in [0.2, 0.25) is 0 Å². The van der Waals surface area contributed by atoms with Crippen LogP contribution in [0.4, 0.5) is 0 Å². The van der Waals surface area contributed by atoms with Crippen molar-refractivity contribution in [2.24, 2.45) is 34.5 Å². The Morgan fingerprint density at radius 3 is 2.67 bits per heavy atom. The predicted octanol–water partition coefficient (Wildman–Crippen LogP) is 4.40. The van der Waals surface area contributed by atoms with Crippen LogP contribution in [0, 0.1) is 34.5 Å². The first-order valence-corrected chi connectivity index (χ1v) is 9.97. The fraction of sp³-hybridized carbons (Fsp3) is 0.857. The van der Waals surface area contributed by atoms with Gasteiger partial charge >= 0.3 is 5.97 Å². The molecule has 2 N–H and O–H groups in total. The van der Waals surface area contributed by atoms with Crippen LogP contribution in [-0.4, -0.2) is 22.3 Å². The molecule has 0 heterocycles. The van der Waals surface area contributed by atoms with Crippen molar-refractivity contribution in [2.75, 3.05) is 0 Å². The first-order valence-electron chi connectivity index (χ1n) is 9.97. The number of carboxylic acid groups (broad SMARTS) is 1. The average Bonchev–Trinajstić information content (AvgIpc) is 2.95. The van der Waals surface area contributed by atoms with E-state index in [2.05, 4.69) is 19.9 Å². The molecule has 0 bridgehead atoms. The lowest BCUT2D eigenvalue weighted by molar-refractivity contribution is -0.149. The highest BCUT2D eigenvalue weighted by atomic mass is 16.4. The normalized spacial score (nSPS) is 48.7. The Morgan fingerprint density at radius 2 is 1.92 bits per heavy atom. The lowest BCUT2D eigenvalue weighted by Gasteiger charge is -2.58. The topological polar surface area (TPSA) is 57.5 Å². The molecule has 0 radical (unpaired) electrons. The van der Waals surface area contributed by atoms with Gasteiger partial charge in [0.2, 0.25) is 0 Å². The second-order valence-corrected chi connectivity index (χ2v) is 9.60. The molecule has 0 aromatic rings. The van der Waals surface area contributed by atoms with E-state index >= 15 is 0 Å². The van der Waals surface area contributed by atoms with Crippen LogP contribution in [0.15, 0.2) is 11.6 Å². The summed E-state index contributed by atoms with van der Waals surface area (Å²) in [6, 6.07) is 0. The standard InChI is InChI=1S/C21H32O3/c1-20-9-3-4-16(20)15-6-5-14-12-13(18(22)19(23)24)7-11-21(14,2)17(15)8-10-20/h12-13,15-18,22H,3-11H2,1-2H3,(H,23,24)/t13-,15-,16-,17-,18?,20-,21-/m0/s1. The van der Waals surface area contributed by atoms with Gasteiger partial charge in [0.05, 0.1) is 0 Å². The molecule has 3 fully saturated rings.